The highest BCUT2D eigenvalue weighted by molar-refractivity contribution is 9.10. The molecule has 0 atom stereocenters. The molecule has 54 valence electrons. The van der Waals surface area contributed by atoms with Gasteiger partial charge < -0.3 is 5.32 Å². The number of nitrogens with one attached hydrogen (secondary N) is 1. The Kier molecular flexibility index (Phi) is 2.57. The topological polar surface area (TPSA) is 12.0 Å². The minimum Gasteiger partial charge on any atom is -0.388 e. The predicted octanol–water partition coefficient (Wildman–Crippen LogP) is 3.14. The Morgan fingerprint density at radius 1 is 1.50 bits per heavy atom. The second-order valence-electron chi connectivity index (χ2n) is 1.88. The lowest BCUT2D eigenvalue weighted by Gasteiger charge is -2.00. The van der Waals surface area contributed by atoms with Gasteiger partial charge in [-0.15, -0.1) is 0 Å². The van der Waals surface area contributed by atoms with Gasteiger partial charge in [-0.1, -0.05) is 11.6 Å². The van der Waals surface area contributed by atoms with Gasteiger partial charge in [-0.05, 0) is 34.1 Å². The highest BCUT2D eigenvalue weighted by atomic mass is 79.9. The van der Waals surface area contributed by atoms with Crippen molar-refractivity contribution in [1.82, 2.24) is 0 Å². The van der Waals surface area contributed by atoms with Gasteiger partial charge in [-0.25, -0.2) is 0 Å². The van der Waals surface area contributed by atoms with Crippen molar-refractivity contribution in [3.63, 3.8) is 0 Å². The van der Waals surface area contributed by atoms with E-state index in [1.807, 2.05) is 25.2 Å². The van der Waals surface area contributed by atoms with Gasteiger partial charge in [0.1, 0.15) is 0 Å². The van der Waals surface area contributed by atoms with Crippen LogP contribution in [0.3, 0.4) is 0 Å². The summed E-state index contributed by atoms with van der Waals surface area (Å²) in [5, 5.41) is 3.72. The number of rotatable bonds is 1. The molecule has 0 aliphatic carbocycles. The Labute approximate surface area is 73.5 Å². The number of benzene rings is 1. The molecule has 1 aromatic carbocycles. The molecular formula is C7H7BrClN. The molecule has 10 heavy (non-hydrogen) atoms. The first-order chi connectivity index (χ1) is 4.74. The Morgan fingerprint density at radius 2 is 2.20 bits per heavy atom. The molecule has 0 saturated heterocycles. The van der Waals surface area contributed by atoms with Crippen molar-refractivity contribution in [2.24, 2.45) is 0 Å². The first-order valence-corrected chi connectivity index (χ1v) is 4.04. The monoisotopic (exact) mass is 219 g/mol. The summed E-state index contributed by atoms with van der Waals surface area (Å²) in [4.78, 5) is 0. The molecule has 0 heterocycles. The van der Waals surface area contributed by atoms with Gasteiger partial charge in [0.05, 0.1) is 5.02 Å². The molecule has 0 aliphatic heterocycles. The molecule has 1 N–H and O–H groups in total. The third kappa shape index (κ3) is 1.64. The van der Waals surface area contributed by atoms with Crippen molar-refractivity contribution in [1.29, 1.82) is 0 Å². The Balaban J connectivity index is 3.04. The molecule has 1 aromatic rings. The fraction of sp³-hybridized carbons (Fsp3) is 0.143. The molecule has 0 radical (unpaired) electrons. The van der Waals surface area contributed by atoms with Crippen molar-refractivity contribution in [3.05, 3.63) is 27.7 Å². The van der Waals surface area contributed by atoms with E-state index >= 15 is 0 Å². The second kappa shape index (κ2) is 3.26. The molecule has 1 rings (SSSR count). The first-order valence-electron chi connectivity index (χ1n) is 2.87. The van der Waals surface area contributed by atoms with E-state index in [1.165, 1.54) is 0 Å². The van der Waals surface area contributed by atoms with Crippen molar-refractivity contribution in [2.75, 3.05) is 12.4 Å². The van der Waals surface area contributed by atoms with E-state index in [2.05, 4.69) is 21.2 Å². The zero-order chi connectivity index (χ0) is 7.56. The van der Waals surface area contributed by atoms with E-state index in [4.69, 9.17) is 11.6 Å². The molecule has 0 amide bonds. The van der Waals surface area contributed by atoms with E-state index < -0.39 is 0 Å². The van der Waals surface area contributed by atoms with Crippen LogP contribution in [0.1, 0.15) is 0 Å². The Morgan fingerprint density at radius 3 is 2.70 bits per heavy atom. The van der Waals surface area contributed by atoms with Crippen LogP contribution < -0.4 is 5.32 Å². The molecule has 0 spiro atoms. The van der Waals surface area contributed by atoms with Crippen LogP contribution in [-0.2, 0) is 0 Å². The summed E-state index contributed by atoms with van der Waals surface area (Å²) >= 11 is 9.10. The third-order valence-corrected chi connectivity index (χ3v) is 2.44. The molecule has 3 heteroatoms. The molecular weight excluding hydrogens is 213 g/mol. The smallest absolute Gasteiger partial charge is 0.0568 e. The highest BCUT2D eigenvalue weighted by Crippen LogP contribution is 2.24. The standard InChI is InChI=1S/C7H7BrClN/c1-10-5-2-3-6(8)7(9)4-5/h2-4,10H,1H3. The van der Waals surface area contributed by atoms with Crippen LogP contribution in [0.2, 0.25) is 5.02 Å². The largest absolute Gasteiger partial charge is 0.388 e. The van der Waals surface area contributed by atoms with E-state index in [9.17, 15) is 0 Å². The maximum atomic E-state index is 5.81. The maximum absolute atomic E-state index is 5.81. The lowest BCUT2D eigenvalue weighted by Crippen LogP contribution is -1.86. The molecule has 0 aliphatic rings. The van der Waals surface area contributed by atoms with Gasteiger partial charge in [-0.2, -0.15) is 0 Å². The predicted molar refractivity (Wildman–Crippen MR) is 48.7 cm³/mol. The van der Waals surface area contributed by atoms with E-state index in [0.29, 0.717) is 0 Å². The maximum Gasteiger partial charge on any atom is 0.0568 e. The lowest BCUT2D eigenvalue weighted by atomic mass is 10.3. The SMILES string of the molecule is CNc1ccc(Br)c(Cl)c1. The summed E-state index contributed by atoms with van der Waals surface area (Å²) < 4.78 is 0.924. The zero-order valence-corrected chi connectivity index (χ0v) is 7.83. The second-order valence-corrected chi connectivity index (χ2v) is 3.14. The van der Waals surface area contributed by atoms with Crippen LogP contribution in [0.15, 0.2) is 22.7 Å². The minimum absolute atomic E-state index is 0.729. The summed E-state index contributed by atoms with van der Waals surface area (Å²) in [6.07, 6.45) is 0. The molecule has 0 aromatic heterocycles. The third-order valence-electron chi connectivity index (χ3n) is 1.21. The molecule has 0 saturated carbocycles. The van der Waals surface area contributed by atoms with Crippen molar-refractivity contribution < 1.29 is 0 Å². The summed E-state index contributed by atoms with van der Waals surface area (Å²) in [5.41, 5.74) is 1.02. The number of hydrogen-bond acceptors (Lipinski definition) is 1. The normalized spacial score (nSPS) is 9.50. The van der Waals surface area contributed by atoms with Crippen LogP contribution in [0.5, 0.6) is 0 Å². The summed E-state index contributed by atoms with van der Waals surface area (Å²) in [7, 11) is 1.86. The van der Waals surface area contributed by atoms with E-state index in [0.717, 1.165) is 15.2 Å². The van der Waals surface area contributed by atoms with Gasteiger partial charge in [-0.3, -0.25) is 0 Å². The molecule has 0 bridgehead atoms. The van der Waals surface area contributed by atoms with Gasteiger partial charge >= 0.3 is 0 Å². The Bertz CT molecular complexity index is 237. The first kappa shape index (κ1) is 7.89. The Hall–Kier alpha value is -0.210. The molecule has 0 fully saturated rings. The average Bonchev–Trinajstić information content (AvgIpc) is 1.95. The van der Waals surface area contributed by atoms with Crippen LogP contribution >= 0.6 is 27.5 Å². The van der Waals surface area contributed by atoms with E-state index in [-0.39, 0.29) is 0 Å². The summed E-state index contributed by atoms with van der Waals surface area (Å²) in [6.45, 7) is 0. The van der Waals surface area contributed by atoms with E-state index in [1.54, 1.807) is 0 Å². The fourth-order valence-corrected chi connectivity index (χ4v) is 1.08. The van der Waals surface area contributed by atoms with Crippen molar-refractivity contribution in [2.45, 2.75) is 0 Å². The average molecular weight is 220 g/mol. The summed E-state index contributed by atoms with van der Waals surface area (Å²) in [6, 6.07) is 5.73. The zero-order valence-electron chi connectivity index (χ0n) is 5.49. The van der Waals surface area contributed by atoms with Gasteiger partial charge in [0.15, 0.2) is 0 Å². The molecule has 1 nitrogen and oxygen atoms in total. The highest BCUT2D eigenvalue weighted by Gasteiger charge is 1.95. The quantitative estimate of drug-likeness (QED) is 0.767. The van der Waals surface area contributed by atoms with Gasteiger partial charge in [0, 0.05) is 17.2 Å². The number of hydrogen-bond donors (Lipinski definition) is 1. The summed E-state index contributed by atoms with van der Waals surface area (Å²) in [5.74, 6) is 0. The van der Waals surface area contributed by atoms with Gasteiger partial charge in [0.2, 0.25) is 0 Å². The fourth-order valence-electron chi connectivity index (χ4n) is 0.652. The van der Waals surface area contributed by atoms with Crippen molar-refractivity contribution in [3.8, 4) is 0 Å². The minimum atomic E-state index is 0.729. The molecule has 0 unspecified atom stereocenters. The number of halogens is 2. The van der Waals surface area contributed by atoms with Gasteiger partial charge in [0.25, 0.3) is 0 Å². The van der Waals surface area contributed by atoms with Crippen LogP contribution in [0, 0.1) is 0 Å². The van der Waals surface area contributed by atoms with Crippen LogP contribution in [0.4, 0.5) is 5.69 Å². The van der Waals surface area contributed by atoms with Crippen LogP contribution in [0.25, 0.3) is 0 Å². The number of anilines is 1. The van der Waals surface area contributed by atoms with Crippen LogP contribution in [-0.4, -0.2) is 7.05 Å². The van der Waals surface area contributed by atoms with Crippen molar-refractivity contribution >= 4 is 33.2 Å². The lowest BCUT2D eigenvalue weighted by molar-refractivity contribution is 1.50.